The number of carbonyl (C=O) groups is 4. The van der Waals surface area contributed by atoms with E-state index in [1.165, 1.54) is 12.1 Å². The molecule has 3 atom stereocenters. The highest BCUT2D eigenvalue weighted by molar-refractivity contribution is 5.93. The number of rotatable bonds is 15. The first-order valence-electron chi connectivity index (χ1n) is 14.3. The van der Waals surface area contributed by atoms with Crippen LogP contribution >= 0.6 is 0 Å². The molecule has 43 heavy (non-hydrogen) atoms. The first-order valence-corrected chi connectivity index (χ1v) is 14.3. The zero-order chi connectivity index (χ0) is 32.0. The maximum atomic E-state index is 14.5. The predicted octanol–water partition coefficient (Wildman–Crippen LogP) is 2.41. The molecule has 0 saturated carbocycles. The molecule has 0 spiro atoms. The Kier molecular flexibility index (Phi) is 13.8. The topological polar surface area (TPSA) is 163 Å². The summed E-state index contributed by atoms with van der Waals surface area (Å²) >= 11 is 0. The summed E-state index contributed by atoms with van der Waals surface area (Å²) in [5.74, 6) is -2.66. The summed E-state index contributed by atoms with van der Waals surface area (Å²) in [4.78, 5) is 51.1. The number of likely N-dealkylation sites (N-methyl/N-ethyl adjacent to an activating group) is 1. The Morgan fingerprint density at radius 3 is 2.09 bits per heavy atom. The Bertz CT molecular complexity index is 1250. The number of nitrogens with one attached hydrogen (secondary N) is 4. The number of benzene rings is 2. The van der Waals surface area contributed by atoms with Crippen LogP contribution in [0.15, 0.2) is 66.5 Å². The standard InChI is InChI=1S/C32H44FN5O5/c1-5-35-30(42)27(19-32(2,3)4)38-31(43)26(18-21-9-7-6-8-10-21)37-29(41)20-36-28(40)16-15-24(33)25(34)17-22-11-13-23(39)14-12-22/h6-15,25-27,39H,5,16-20,34H2,1-4H3,(H,35,42)(H,36,40)(H,37,41)(H,38,43)/b24-15-/t25-,26-,27-/m0/s1. The Morgan fingerprint density at radius 1 is 0.860 bits per heavy atom. The second-order valence-corrected chi connectivity index (χ2v) is 11.6. The van der Waals surface area contributed by atoms with Crippen LogP contribution < -0.4 is 27.0 Å². The molecule has 0 aliphatic heterocycles. The highest BCUT2D eigenvalue weighted by Crippen LogP contribution is 2.21. The summed E-state index contributed by atoms with van der Waals surface area (Å²) in [6.45, 7) is 7.64. The van der Waals surface area contributed by atoms with Gasteiger partial charge in [0.05, 0.1) is 12.6 Å². The molecule has 0 aromatic heterocycles. The van der Waals surface area contributed by atoms with Crippen LogP contribution in [0.5, 0.6) is 5.75 Å². The summed E-state index contributed by atoms with van der Waals surface area (Å²) in [7, 11) is 0. The fourth-order valence-corrected chi connectivity index (χ4v) is 4.27. The number of nitrogens with two attached hydrogens (primary N) is 1. The maximum Gasteiger partial charge on any atom is 0.243 e. The molecule has 234 valence electrons. The molecule has 0 saturated heterocycles. The monoisotopic (exact) mass is 597 g/mol. The van der Waals surface area contributed by atoms with Crippen LogP contribution in [-0.2, 0) is 32.0 Å². The van der Waals surface area contributed by atoms with Gasteiger partial charge in [-0.2, -0.15) is 0 Å². The van der Waals surface area contributed by atoms with E-state index in [9.17, 15) is 28.7 Å². The van der Waals surface area contributed by atoms with Gasteiger partial charge in [-0.15, -0.1) is 0 Å². The van der Waals surface area contributed by atoms with Crippen molar-refractivity contribution in [1.82, 2.24) is 21.3 Å². The largest absolute Gasteiger partial charge is 0.508 e. The first-order chi connectivity index (χ1) is 20.3. The van der Waals surface area contributed by atoms with E-state index in [0.717, 1.165) is 17.2 Å². The molecule has 0 bridgehead atoms. The van der Waals surface area contributed by atoms with Gasteiger partial charge in [-0.3, -0.25) is 19.2 Å². The van der Waals surface area contributed by atoms with E-state index < -0.39 is 48.2 Å². The van der Waals surface area contributed by atoms with Crippen molar-refractivity contribution >= 4 is 23.6 Å². The van der Waals surface area contributed by atoms with E-state index in [1.54, 1.807) is 19.1 Å². The van der Waals surface area contributed by atoms with Crippen molar-refractivity contribution in [2.24, 2.45) is 11.1 Å². The molecule has 11 heteroatoms. The highest BCUT2D eigenvalue weighted by Gasteiger charge is 2.30. The molecule has 0 radical (unpaired) electrons. The van der Waals surface area contributed by atoms with Gasteiger partial charge in [-0.05, 0) is 54.5 Å². The van der Waals surface area contributed by atoms with Gasteiger partial charge in [0, 0.05) is 19.4 Å². The zero-order valence-corrected chi connectivity index (χ0v) is 25.3. The van der Waals surface area contributed by atoms with Crippen molar-refractivity contribution < 1.29 is 28.7 Å². The van der Waals surface area contributed by atoms with Crippen LogP contribution in [0.25, 0.3) is 0 Å². The summed E-state index contributed by atoms with van der Waals surface area (Å²) in [5, 5.41) is 20.0. The lowest BCUT2D eigenvalue weighted by Crippen LogP contribution is -2.56. The third-order valence-electron chi connectivity index (χ3n) is 6.41. The van der Waals surface area contributed by atoms with E-state index in [2.05, 4.69) is 21.3 Å². The van der Waals surface area contributed by atoms with Crippen LogP contribution in [0.1, 0.15) is 51.7 Å². The van der Waals surface area contributed by atoms with E-state index >= 15 is 0 Å². The zero-order valence-electron chi connectivity index (χ0n) is 25.3. The van der Waals surface area contributed by atoms with Crippen molar-refractivity contribution in [3.05, 3.63) is 77.6 Å². The third kappa shape index (κ3) is 13.5. The number of halogens is 1. The van der Waals surface area contributed by atoms with Gasteiger partial charge in [-0.1, -0.05) is 63.2 Å². The molecule has 2 aromatic rings. The number of carbonyl (C=O) groups excluding carboxylic acids is 4. The van der Waals surface area contributed by atoms with Gasteiger partial charge in [0.1, 0.15) is 23.7 Å². The number of hydrogen-bond acceptors (Lipinski definition) is 6. The molecular formula is C32H44FN5O5. The van der Waals surface area contributed by atoms with Crippen molar-refractivity contribution in [2.75, 3.05) is 13.1 Å². The Labute approximate surface area is 252 Å². The highest BCUT2D eigenvalue weighted by atomic mass is 19.1. The SMILES string of the molecule is CCNC(=O)[C@H](CC(C)(C)C)NC(=O)[C@H](Cc1ccccc1)NC(=O)CNC(=O)C/C=C(\F)[C@@H](N)Cc1ccc(O)cc1. The smallest absolute Gasteiger partial charge is 0.243 e. The molecule has 4 amide bonds. The molecular weight excluding hydrogens is 553 g/mol. The van der Waals surface area contributed by atoms with Crippen molar-refractivity contribution in [2.45, 2.75) is 71.5 Å². The van der Waals surface area contributed by atoms with Crippen LogP contribution in [0, 0.1) is 5.41 Å². The Morgan fingerprint density at radius 2 is 1.49 bits per heavy atom. The normalized spacial score (nSPS) is 13.8. The number of phenols is 1. The average molecular weight is 598 g/mol. The van der Waals surface area contributed by atoms with Gasteiger partial charge in [0.15, 0.2) is 0 Å². The van der Waals surface area contributed by atoms with Crippen molar-refractivity contribution in [3.8, 4) is 5.75 Å². The average Bonchev–Trinajstić information content (AvgIpc) is 2.95. The molecule has 0 fully saturated rings. The minimum absolute atomic E-state index is 0.0881. The lowest BCUT2D eigenvalue weighted by Gasteiger charge is -2.28. The molecule has 7 N–H and O–H groups in total. The number of amides is 4. The van der Waals surface area contributed by atoms with Crippen molar-refractivity contribution in [3.63, 3.8) is 0 Å². The lowest BCUT2D eigenvalue weighted by molar-refractivity contribution is -0.132. The third-order valence-corrected chi connectivity index (χ3v) is 6.41. The predicted molar refractivity (Wildman–Crippen MR) is 163 cm³/mol. The minimum atomic E-state index is -1.01. The summed E-state index contributed by atoms with van der Waals surface area (Å²) in [6, 6.07) is 12.5. The fraction of sp³-hybridized carbons (Fsp3) is 0.438. The van der Waals surface area contributed by atoms with Gasteiger partial charge < -0.3 is 32.1 Å². The van der Waals surface area contributed by atoms with Gasteiger partial charge in [0.25, 0.3) is 0 Å². The van der Waals surface area contributed by atoms with Gasteiger partial charge in [0.2, 0.25) is 23.6 Å². The molecule has 2 aromatic carbocycles. The number of hydrogen-bond donors (Lipinski definition) is 6. The maximum absolute atomic E-state index is 14.5. The Hall–Kier alpha value is -4.25. The summed E-state index contributed by atoms with van der Waals surface area (Å²) in [5.41, 5.74) is 7.14. The van der Waals surface area contributed by atoms with Gasteiger partial charge >= 0.3 is 0 Å². The molecule has 0 aliphatic carbocycles. The number of aromatic hydroxyl groups is 1. The molecule has 2 rings (SSSR count). The van der Waals surface area contributed by atoms with E-state index in [4.69, 9.17) is 5.73 Å². The summed E-state index contributed by atoms with van der Waals surface area (Å²) < 4.78 is 14.5. The second-order valence-electron chi connectivity index (χ2n) is 11.6. The lowest BCUT2D eigenvalue weighted by atomic mass is 9.87. The van der Waals surface area contributed by atoms with E-state index in [1.807, 2.05) is 51.1 Å². The van der Waals surface area contributed by atoms with Crippen LogP contribution in [0.3, 0.4) is 0 Å². The second kappa shape index (κ2) is 17.0. The van der Waals surface area contributed by atoms with Crippen LogP contribution in [0.2, 0.25) is 0 Å². The fourth-order valence-electron chi connectivity index (χ4n) is 4.27. The van der Waals surface area contributed by atoms with Crippen LogP contribution in [0.4, 0.5) is 4.39 Å². The minimum Gasteiger partial charge on any atom is -0.508 e. The first kappa shape index (κ1) is 34.9. The molecule has 0 unspecified atom stereocenters. The van der Waals surface area contributed by atoms with Crippen molar-refractivity contribution in [1.29, 1.82) is 0 Å². The van der Waals surface area contributed by atoms with E-state index in [-0.39, 0.29) is 36.3 Å². The molecule has 0 aliphatic rings. The molecule has 0 heterocycles. The number of phenolic OH excluding ortho intramolecular Hbond substituents is 1. The Balaban J connectivity index is 1.99. The molecule has 10 nitrogen and oxygen atoms in total. The summed E-state index contributed by atoms with van der Waals surface area (Å²) in [6.07, 6.45) is 1.44. The van der Waals surface area contributed by atoms with E-state index in [0.29, 0.717) is 13.0 Å². The van der Waals surface area contributed by atoms with Crippen LogP contribution in [-0.4, -0.2) is 60.0 Å². The quantitative estimate of drug-likeness (QED) is 0.185. The van der Waals surface area contributed by atoms with Gasteiger partial charge in [-0.25, -0.2) is 4.39 Å².